The van der Waals surface area contributed by atoms with Crippen LogP contribution in [0.2, 0.25) is 0 Å². The van der Waals surface area contributed by atoms with Gasteiger partial charge in [-0.3, -0.25) is 4.98 Å². The predicted molar refractivity (Wildman–Crippen MR) is 73.8 cm³/mol. The zero-order valence-electron chi connectivity index (χ0n) is 10.5. The van der Waals surface area contributed by atoms with E-state index in [0.29, 0.717) is 12.0 Å². The van der Waals surface area contributed by atoms with Crippen molar-refractivity contribution in [1.82, 2.24) is 15.2 Å². The minimum atomic E-state index is 0.630. The van der Waals surface area contributed by atoms with Gasteiger partial charge in [0.25, 0.3) is 0 Å². The maximum Gasteiger partial charge on any atom is 0.0410 e. The molecule has 0 saturated carbocycles. The van der Waals surface area contributed by atoms with Gasteiger partial charge in [-0.05, 0) is 53.5 Å². The monoisotopic (exact) mass is 297 g/mol. The number of piperidine rings is 1. The first kappa shape index (κ1) is 13.0. The number of halogens is 1. The van der Waals surface area contributed by atoms with Gasteiger partial charge in [0.15, 0.2) is 0 Å². The number of hydrogen-bond acceptors (Lipinski definition) is 3. The van der Waals surface area contributed by atoms with E-state index >= 15 is 0 Å². The average Bonchev–Trinajstić information content (AvgIpc) is 2.28. The SMILES string of the molecule is CC1CN(C)CCC1NCc1cncc(Br)c1. The van der Waals surface area contributed by atoms with E-state index in [9.17, 15) is 0 Å². The number of hydrogen-bond donors (Lipinski definition) is 1. The number of nitrogens with one attached hydrogen (secondary N) is 1. The molecular weight excluding hydrogens is 278 g/mol. The third-order valence-corrected chi connectivity index (χ3v) is 3.87. The molecule has 0 aliphatic carbocycles. The first-order valence-electron chi connectivity index (χ1n) is 6.16. The summed E-state index contributed by atoms with van der Waals surface area (Å²) in [5.74, 6) is 0.717. The zero-order chi connectivity index (χ0) is 12.3. The van der Waals surface area contributed by atoms with Crippen LogP contribution in [0.3, 0.4) is 0 Å². The molecule has 0 radical (unpaired) electrons. The van der Waals surface area contributed by atoms with Gasteiger partial charge in [0.1, 0.15) is 0 Å². The van der Waals surface area contributed by atoms with Gasteiger partial charge in [-0.1, -0.05) is 6.92 Å². The Balaban J connectivity index is 1.86. The predicted octanol–water partition coefficient (Wildman–Crippen LogP) is 2.27. The second-order valence-corrected chi connectivity index (χ2v) is 5.94. The van der Waals surface area contributed by atoms with E-state index in [-0.39, 0.29) is 0 Å². The molecule has 1 N–H and O–H groups in total. The van der Waals surface area contributed by atoms with Gasteiger partial charge in [-0.2, -0.15) is 0 Å². The van der Waals surface area contributed by atoms with Crippen LogP contribution in [-0.2, 0) is 6.54 Å². The van der Waals surface area contributed by atoms with Crippen LogP contribution in [-0.4, -0.2) is 36.1 Å². The van der Waals surface area contributed by atoms with Gasteiger partial charge in [0, 0.05) is 36.0 Å². The normalized spacial score (nSPS) is 26.1. The molecule has 0 spiro atoms. The molecular formula is C13H20BrN3. The summed E-state index contributed by atoms with van der Waals surface area (Å²) in [5, 5.41) is 3.65. The molecule has 1 aromatic rings. The van der Waals surface area contributed by atoms with Crippen molar-refractivity contribution in [3.63, 3.8) is 0 Å². The van der Waals surface area contributed by atoms with E-state index < -0.39 is 0 Å². The molecule has 1 aliphatic heterocycles. The highest BCUT2D eigenvalue weighted by molar-refractivity contribution is 9.10. The van der Waals surface area contributed by atoms with E-state index in [1.165, 1.54) is 25.1 Å². The van der Waals surface area contributed by atoms with Crippen LogP contribution in [0, 0.1) is 5.92 Å². The molecule has 94 valence electrons. The lowest BCUT2D eigenvalue weighted by atomic mass is 9.94. The molecule has 2 unspecified atom stereocenters. The summed E-state index contributed by atoms with van der Waals surface area (Å²) in [7, 11) is 2.20. The maximum absolute atomic E-state index is 4.18. The van der Waals surface area contributed by atoms with Crippen molar-refractivity contribution in [2.75, 3.05) is 20.1 Å². The molecule has 0 bridgehead atoms. The average molecular weight is 298 g/mol. The van der Waals surface area contributed by atoms with Crippen molar-refractivity contribution >= 4 is 15.9 Å². The van der Waals surface area contributed by atoms with Crippen LogP contribution in [0.25, 0.3) is 0 Å². The summed E-state index contributed by atoms with van der Waals surface area (Å²) in [6.45, 7) is 5.62. The van der Waals surface area contributed by atoms with E-state index in [4.69, 9.17) is 0 Å². The van der Waals surface area contributed by atoms with Crippen molar-refractivity contribution in [2.45, 2.75) is 25.9 Å². The third-order valence-electron chi connectivity index (χ3n) is 3.44. The van der Waals surface area contributed by atoms with Gasteiger partial charge in [0.2, 0.25) is 0 Å². The Labute approximate surface area is 112 Å². The van der Waals surface area contributed by atoms with Crippen LogP contribution >= 0.6 is 15.9 Å². The van der Waals surface area contributed by atoms with Crippen molar-refractivity contribution in [3.05, 3.63) is 28.5 Å². The summed E-state index contributed by atoms with van der Waals surface area (Å²) in [4.78, 5) is 6.59. The quantitative estimate of drug-likeness (QED) is 0.928. The maximum atomic E-state index is 4.18. The molecule has 0 amide bonds. The van der Waals surface area contributed by atoms with Gasteiger partial charge in [0.05, 0.1) is 0 Å². The van der Waals surface area contributed by atoms with Gasteiger partial charge >= 0.3 is 0 Å². The Bertz CT molecular complexity index is 369. The Morgan fingerprint density at radius 3 is 3.06 bits per heavy atom. The fraction of sp³-hybridized carbons (Fsp3) is 0.615. The number of nitrogens with zero attached hydrogens (tertiary/aromatic N) is 2. The lowest BCUT2D eigenvalue weighted by molar-refractivity contribution is 0.174. The zero-order valence-corrected chi connectivity index (χ0v) is 12.1. The molecule has 1 aliphatic rings. The summed E-state index contributed by atoms with van der Waals surface area (Å²) in [6.07, 6.45) is 4.98. The molecule has 2 heterocycles. The second kappa shape index (κ2) is 5.94. The van der Waals surface area contributed by atoms with E-state index in [2.05, 4.69) is 51.2 Å². The standard InChI is InChI=1S/C13H20BrN3/c1-10-9-17(2)4-3-13(10)16-7-11-5-12(14)8-15-6-11/h5-6,8,10,13,16H,3-4,7,9H2,1-2H3. The first-order valence-corrected chi connectivity index (χ1v) is 6.96. The van der Waals surface area contributed by atoms with Crippen molar-refractivity contribution in [2.24, 2.45) is 5.92 Å². The van der Waals surface area contributed by atoms with E-state index in [0.717, 1.165) is 11.0 Å². The number of likely N-dealkylation sites (tertiary alicyclic amines) is 1. The lowest BCUT2D eigenvalue weighted by Gasteiger charge is -2.35. The smallest absolute Gasteiger partial charge is 0.0410 e. The van der Waals surface area contributed by atoms with Crippen molar-refractivity contribution in [3.8, 4) is 0 Å². The number of rotatable bonds is 3. The highest BCUT2D eigenvalue weighted by atomic mass is 79.9. The molecule has 2 rings (SSSR count). The molecule has 1 aromatic heterocycles. The van der Waals surface area contributed by atoms with Crippen LogP contribution in [0.5, 0.6) is 0 Å². The number of aromatic nitrogens is 1. The summed E-state index contributed by atoms with van der Waals surface area (Å²) >= 11 is 3.45. The molecule has 17 heavy (non-hydrogen) atoms. The van der Waals surface area contributed by atoms with Crippen molar-refractivity contribution < 1.29 is 0 Å². The third kappa shape index (κ3) is 3.76. The van der Waals surface area contributed by atoms with Gasteiger partial charge in [-0.25, -0.2) is 0 Å². The Morgan fingerprint density at radius 1 is 1.53 bits per heavy atom. The highest BCUT2D eigenvalue weighted by Gasteiger charge is 2.23. The van der Waals surface area contributed by atoms with Crippen molar-refractivity contribution in [1.29, 1.82) is 0 Å². The molecule has 1 saturated heterocycles. The molecule has 4 heteroatoms. The fourth-order valence-corrected chi connectivity index (χ4v) is 2.87. The highest BCUT2D eigenvalue weighted by Crippen LogP contribution is 2.16. The Morgan fingerprint density at radius 2 is 2.35 bits per heavy atom. The van der Waals surface area contributed by atoms with Gasteiger partial charge in [-0.15, -0.1) is 0 Å². The van der Waals surface area contributed by atoms with Gasteiger partial charge < -0.3 is 10.2 Å². The minimum absolute atomic E-state index is 0.630. The Hall–Kier alpha value is -0.450. The topological polar surface area (TPSA) is 28.2 Å². The Kier molecular flexibility index (Phi) is 4.54. The largest absolute Gasteiger partial charge is 0.310 e. The molecule has 0 aromatic carbocycles. The molecule has 2 atom stereocenters. The molecule has 3 nitrogen and oxygen atoms in total. The van der Waals surface area contributed by atoms with Crippen LogP contribution in [0.1, 0.15) is 18.9 Å². The van der Waals surface area contributed by atoms with Crippen LogP contribution < -0.4 is 5.32 Å². The van der Waals surface area contributed by atoms with Crippen LogP contribution in [0.15, 0.2) is 22.9 Å². The summed E-state index contributed by atoms with van der Waals surface area (Å²) < 4.78 is 1.05. The molecule has 1 fully saturated rings. The number of pyridine rings is 1. The van der Waals surface area contributed by atoms with E-state index in [1.54, 1.807) is 0 Å². The summed E-state index contributed by atoms with van der Waals surface area (Å²) in [6, 6.07) is 2.75. The lowest BCUT2D eigenvalue weighted by Crippen LogP contribution is -2.46. The summed E-state index contributed by atoms with van der Waals surface area (Å²) in [5.41, 5.74) is 1.24. The second-order valence-electron chi connectivity index (χ2n) is 5.03. The van der Waals surface area contributed by atoms with E-state index in [1.807, 2.05) is 12.4 Å². The fourth-order valence-electron chi connectivity index (χ4n) is 2.46. The van der Waals surface area contributed by atoms with Crippen LogP contribution in [0.4, 0.5) is 0 Å². The minimum Gasteiger partial charge on any atom is -0.310 e. The first-order chi connectivity index (χ1) is 8.15.